The van der Waals surface area contributed by atoms with Crippen LogP contribution < -0.4 is 9.47 Å². The minimum Gasteiger partial charge on any atom is -0.454 e. The van der Waals surface area contributed by atoms with Crippen molar-refractivity contribution in [2.75, 3.05) is 13.8 Å². The maximum absolute atomic E-state index is 13.3. The number of para-hydroxylation sites is 1. The summed E-state index contributed by atoms with van der Waals surface area (Å²) in [5.74, 6) is 1.72. The van der Waals surface area contributed by atoms with Crippen molar-refractivity contribution in [2.24, 2.45) is 5.92 Å². The number of ether oxygens (including phenoxy) is 2. The lowest BCUT2D eigenvalue weighted by Gasteiger charge is -2.30. The summed E-state index contributed by atoms with van der Waals surface area (Å²) in [6, 6.07) is 14.0. The number of hydrogen-bond acceptors (Lipinski definition) is 5. The molecule has 0 fully saturated rings. The summed E-state index contributed by atoms with van der Waals surface area (Å²) in [5, 5.41) is 1.06. The van der Waals surface area contributed by atoms with Gasteiger partial charge in [0.2, 0.25) is 12.7 Å². The van der Waals surface area contributed by atoms with E-state index in [0.29, 0.717) is 6.54 Å². The van der Waals surface area contributed by atoms with E-state index in [-0.39, 0.29) is 24.5 Å². The Bertz CT molecular complexity index is 1060. The zero-order valence-corrected chi connectivity index (χ0v) is 17.0. The lowest BCUT2D eigenvalue weighted by molar-refractivity contribution is -0.135. The van der Waals surface area contributed by atoms with Gasteiger partial charge in [-0.3, -0.25) is 4.79 Å². The van der Waals surface area contributed by atoms with Crippen LogP contribution in [0.25, 0.3) is 10.2 Å². The minimum atomic E-state index is -0.0837. The van der Waals surface area contributed by atoms with Crippen LogP contribution in [0.3, 0.4) is 0 Å². The number of aromatic nitrogens is 1. The second-order valence-corrected chi connectivity index (χ2v) is 8.62. The molecule has 5 rings (SSSR count). The lowest BCUT2D eigenvalue weighted by atomic mass is 9.82. The van der Waals surface area contributed by atoms with Crippen LogP contribution in [0.4, 0.5) is 0 Å². The quantitative estimate of drug-likeness (QED) is 0.588. The van der Waals surface area contributed by atoms with Gasteiger partial charge in [-0.1, -0.05) is 30.4 Å². The molecule has 3 aromatic rings. The molecular formula is C23H22N2O3S. The normalized spacial score (nSPS) is 20.2. The molecule has 0 N–H and O–H groups in total. The molecule has 2 aromatic carbocycles. The summed E-state index contributed by atoms with van der Waals surface area (Å²) in [6.45, 7) is 0.800. The average molecular weight is 407 g/mol. The van der Waals surface area contributed by atoms with Crippen LogP contribution >= 0.6 is 11.3 Å². The summed E-state index contributed by atoms with van der Waals surface area (Å²) in [4.78, 5) is 20.0. The zero-order valence-electron chi connectivity index (χ0n) is 16.2. The SMILES string of the molecule is CN(Cc1ccc2c(c1)OCO2)C(=O)[C@@H]1CC=CC[C@@H]1c1nc2ccccc2s1. The van der Waals surface area contributed by atoms with Gasteiger partial charge in [0.25, 0.3) is 0 Å². The van der Waals surface area contributed by atoms with Crippen LogP contribution in [0.1, 0.15) is 29.3 Å². The van der Waals surface area contributed by atoms with Gasteiger partial charge >= 0.3 is 0 Å². The Morgan fingerprint density at radius 3 is 2.86 bits per heavy atom. The summed E-state index contributed by atoms with van der Waals surface area (Å²) < 4.78 is 12.0. The first-order chi connectivity index (χ1) is 14.2. The highest BCUT2D eigenvalue weighted by Crippen LogP contribution is 2.39. The highest BCUT2D eigenvalue weighted by molar-refractivity contribution is 7.18. The summed E-state index contributed by atoms with van der Waals surface area (Å²) in [7, 11) is 1.88. The van der Waals surface area contributed by atoms with Gasteiger partial charge in [0.05, 0.1) is 21.1 Å². The molecule has 0 unspecified atom stereocenters. The monoisotopic (exact) mass is 406 g/mol. The molecule has 2 heterocycles. The third kappa shape index (κ3) is 3.49. The van der Waals surface area contributed by atoms with Crippen molar-refractivity contribution in [3.63, 3.8) is 0 Å². The highest BCUT2D eigenvalue weighted by atomic mass is 32.1. The fourth-order valence-electron chi connectivity index (χ4n) is 4.08. The number of benzene rings is 2. The molecule has 1 amide bonds. The zero-order chi connectivity index (χ0) is 19.8. The Labute approximate surface area is 173 Å². The van der Waals surface area contributed by atoms with Crippen molar-refractivity contribution < 1.29 is 14.3 Å². The number of hydrogen-bond donors (Lipinski definition) is 0. The third-order valence-corrected chi connectivity index (χ3v) is 6.78. The summed E-state index contributed by atoms with van der Waals surface area (Å²) >= 11 is 1.71. The second-order valence-electron chi connectivity index (χ2n) is 7.56. The molecule has 6 heteroatoms. The molecule has 148 valence electrons. The number of carbonyl (C=O) groups is 1. The van der Waals surface area contributed by atoms with Crippen LogP contribution in [-0.4, -0.2) is 29.6 Å². The van der Waals surface area contributed by atoms with Crippen molar-refractivity contribution in [1.29, 1.82) is 0 Å². The van der Waals surface area contributed by atoms with Gasteiger partial charge in [0, 0.05) is 19.5 Å². The van der Waals surface area contributed by atoms with Gasteiger partial charge in [-0.25, -0.2) is 4.98 Å². The number of allylic oxidation sites excluding steroid dienone is 2. The maximum Gasteiger partial charge on any atom is 0.231 e. The number of rotatable bonds is 4. The molecule has 1 aromatic heterocycles. The summed E-state index contributed by atoms with van der Waals surface area (Å²) in [6.07, 6.45) is 5.91. The summed E-state index contributed by atoms with van der Waals surface area (Å²) in [5.41, 5.74) is 2.05. The van der Waals surface area contributed by atoms with Crippen LogP contribution in [0.15, 0.2) is 54.6 Å². The number of carbonyl (C=O) groups excluding carboxylic acids is 1. The largest absolute Gasteiger partial charge is 0.454 e. The van der Waals surface area contributed by atoms with Crippen molar-refractivity contribution in [1.82, 2.24) is 9.88 Å². The molecule has 0 saturated carbocycles. The van der Waals surface area contributed by atoms with Gasteiger partial charge in [-0.15, -0.1) is 11.3 Å². The maximum atomic E-state index is 13.3. The molecule has 1 aliphatic carbocycles. The van der Waals surface area contributed by atoms with Gasteiger partial charge < -0.3 is 14.4 Å². The number of fused-ring (bicyclic) bond motifs is 2. The molecular weight excluding hydrogens is 384 g/mol. The van der Waals surface area contributed by atoms with Crippen LogP contribution in [0, 0.1) is 5.92 Å². The first-order valence-corrected chi connectivity index (χ1v) is 10.6. The van der Waals surface area contributed by atoms with Crippen molar-refractivity contribution >= 4 is 27.5 Å². The topological polar surface area (TPSA) is 51.7 Å². The molecule has 5 nitrogen and oxygen atoms in total. The van der Waals surface area contributed by atoms with E-state index in [4.69, 9.17) is 14.5 Å². The molecule has 0 bridgehead atoms. The number of nitrogens with zero attached hydrogens (tertiary/aromatic N) is 2. The standard InChI is InChI=1S/C23H22N2O3S/c1-25(13-15-10-11-19-20(12-15)28-14-27-19)23(26)17-7-3-2-6-16(17)22-24-18-8-4-5-9-21(18)29-22/h2-5,8-12,16-17H,6-7,13-14H2,1H3/t16-,17+/m0/s1. The predicted molar refractivity (Wildman–Crippen MR) is 113 cm³/mol. The number of thiazole rings is 1. The van der Waals surface area contributed by atoms with E-state index in [2.05, 4.69) is 18.2 Å². The Morgan fingerprint density at radius 1 is 1.14 bits per heavy atom. The van der Waals surface area contributed by atoms with E-state index in [9.17, 15) is 4.79 Å². The van der Waals surface area contributed by atoms with Gasteiger partial charge in [-0.2, -0.15) is 0 Å². The van der Waals surface area contributed by atoms with E-state index >= 15 is 0 Å². The Morgan fingerprint density at radius 2 is 1.97 bits per heavy atom. The van der Waals surface area contributed by atoms with E-state index in [1.165, 1.54) is 4.70 Å². The molecule has 2 aliphatic rings. The first kappa shape index (κ1) is 18.2. The van der Waals surface area contributed by atoms with Crippen LogP contribution in [-0.2, 0) is 11.3 Å². The molecule has 0 spiro atoms. The van der Waals surface area contributed by atoms with Crippen molar-refractivity contribution in [3.05, 3.63) is 65.2 Å². The fraction of sp³-hybridized carbons (Fsp3) is 0.304. The highest BCUT2D eigenvalue weighted by Gasteiger charge is 2.34. The Balaban J connectivity index is 1.36. The lowest BCUT2D eigenvalue weighted by Crippen LogP contribution is -2.36. The van der Waals surface area contributed by atoms with E-state index < -0.39 is 0 Å². The first-order valence-electron chi connectivity index (χ1n) is 9.83. The molecule has 2 atom stereocenters. The van der Waals surface area contributed by atoms with Gasteiger partial charge in [0.15, 0.2) is 11.5 Å². The smallest absolute Gasteiger partial charge is 0.231 e. The fourth-order valence-corrected chi connectivity index (χ4v) is 5.23. The van der Waals surface area contributed by atoms with E-state index in [1.54, 1.807) is 11.3 Å². The molecule has 0 radical (unpaired) electrons. The van der Waals surface area contributed by atoms with E-state index in [1.807, 2.05) is 48.3 Å². The van der Waals surface area contributed by atoms with E-state index in [0.717, 1.165) is 40.4 Å². The second kappa shape index (κ2) is 7.52. The van der Waals surface area contributed by atoms with Crippen molar-refractivity contribution in [2.45, 2.75) is 25.3 Å². The van der Waals surface area contributed by atoms with Gasteiger partial charge in [-0.05, 0) is 42.7 Å². The molecule has 0 saturated heterocycles. The van der Waals surface area contributed by atoms with Crippen LogP contribution in [0.5, 0.6) is 11.5 Å². The average Bonchev–Trinajstić information content (AvgIpc) is 3.39. The number of amides is 1. The third-order valence-electron chi connectivity index (χ3n) is 5.61. The van der Waals surface area contributed by atoms with Crippen molar-refractivity contribution in [3.8, 4) is 11.5 Å². The van der Waals surface area contributed by atoms with Crippen LogP contribution in [0.2, 0.25) is 0 Å². The Kier molecular flexibility index (Phi) is 4.72. The predicted octanol–water partition coefficient (Wildman–Crippen LogP) is 4.73. The van der Waals surface area contributed by atoms with Gasteiger partial charge in [0.1, 0.15) is 0 Å². The molecule has 29 heavy (non-hydrogen) atoms. The minimum absolute atomic E-state index is 0.0837. The Hall–Kier alpha value is -2.86. The molecule has 1 aliphatic heterocycles.